The van der Waals surface area contributed by atoms with Crippen molar-refractivity contribution in [2.24, 2.45) is 11.8 Å². The Labute approximate surface area is 195 Å². The van der Waals surface area contributed by atoms with Gasteiger partial charge in [0.05, 0.1) is 11.7 Å². The van der Waals surface area contributed by atoms with Crippen molar-refractivity contribution in [2.45, 2.75) is 98.5 Å². The molecule has 0 aromatic carbocycles. The molecule has 1 aliphatic rings. The van der Waals surface area contributed by atoms with Crippen LogP contribution in [0.5, 0.6) is 0 Å². The number of esters is 1. The fourth-order valence-electron chi connectivity index (χ4n) is 3.46. The van der Waals surface area contributed by atoms with E-state index in [4.69, 9.17) is 9.47 Å². The SMILES string of the molecule is CC.CC#CC.CO[C@@]1(C)CCC(=O)C(C)C(=O)OCC(O)C(O)C(C)N(C)C[C@H](C)C1. The number of rotatable bonds is 1. The van der Waals surface area contributed by atoms with Crippen LogP contribution in [-0.4, -0.2) is 78.0 Å². The third-order valence-electron chi connectivity index (χ3n) is 5.84. The Bertz CT molecular complexity index is 593. The summed E-state index contributed by atoms with van der Waals surface area (Å²) in [6, 6.07) is -0.316. The van der Waals surface area contributed by atoms with Gasteiger partial charge in [0, 0.05) is 26.1 Å². The molecule has 0 aromatic rings. The number of ether oxygens (including phenoxy) is 2. The molecule has 7 heteroatoms. The van der Waals surface area contributed by atoms with Gasteiger partial charge in [0.1, 0.15) is 24.4 Å². The van der Waals surface area contributed by atoms with E-state index in [2.05, 4.69) is 18.8 Å². The Hall–Kier alpha value is -1.46. The molecule has 0 aliphatic carbocycles. The fraction of sp³-hybridized carbons (Fsp3) is 0.840. The van der Waals surface area contributed by atoms with Crippen LogP contribution in [0.3, 0.4) is 0 Å². The molecule has 0 bridgehead atoms. The van der Waals surface area contributed by atoms with Gasteiger partial charge >= 0.3 is 5.97 Å². The first-order chi connectivity index (χ1) is 14.9. The largest absolute Gasteiger partial charge is 0.462 e. The lowest BCUT2D eigenvalue weighted by Crippen LogP contribution is -2.48. The van der Waals surface area contributed by atoms with Crippen molar-refractivity contribution in [3.63, 3.8) is 0 Å². The molecule has 1 heterocycles. The van der Waals surface area contributed by atoms with Crippen LogP contribution in [-0.2, 0) is 19.1 Å². The molecule has 188 valence electrons. The molecule has 1 aliphatic heterocycles. The molecule has 0 spiro atoms. The van der Waals surface area contributed by atoms with Gasteiger partial charge in [-0.1, -0.05) is 20.8 Å². The second-order valence-electron chi connectivity index (χ2n) is 8.52. The minimum Gasteiger partial charge on any atom is -0.462 e. The molecule has 0 aromatic heterocycles. The number of hydrogen-bond donors (Lipinski definition) is 2. The Morgan fingerprint density at radius 2 is 1.66 bits per heavy atom. The number of cyclic esters (lactones) is 1. The normalized spacial score (nSPS) is 32.9. The molecule has 32 heavy (non-hydrogen) atoms. The average Bonchev–Trinajstić information content (AvgIpc) is 2.79. The lowest BCUT2D eigenvalue weighted by molar-refractivity contribution is -0.157. The van der Waals surface area contributed by atoms with Crippen molar-refractivity contribution in [3.05, 3.63) is 0 Å². The number of carbonyl (C=O) groups excluding carboxylic acids is 2. The first-order valence-electron chi connectivity index (χ1n) is 11.6. The summed E-state index contributed by atoms with van der Waals surface area (Å²) in [7, 11) is 3.52. The minimum absolute atomic E-state index is 0.207. The van der Waals surface area contributed by atoms with Crippen LogP contribution in [0.2, 0.25) is 0 Å². The maximum absolute atomic E-state index is 12.3. The van der Waals surface area contributed by atoms with E-state index in [1.807, 2.05) is 53.5 Å². The maximum atomic E-state index is 12.3. The number of aliphatic hydroxyl groups excluding tert-OH is 2. The van der Waals surface area contributed by atoms with E-state index < -0.39 is 29.7 Å². The summed E-state index contributed by atoms with van der Waals surface area (Å²) in [5, 5.41) is 20.5. The van der Waals surface area contributed by atoms with Crippen molar-refractivity contribution in [3.8, 4) is 11.8 Å². The fourth-order valence-corrected chi connectivity index (χ4v) is 3.46. The van der Waals surface area contributed by atoms with Gasteiger partial charge in [-0.05, 0) is 60.4 Å². The second-order valence-corrected chi connectivity index (χ2v) is 8.52. The smallest absolute Gasteiger partial charge is 0.316 e. The van der Waals surface area contributed by atoms with Crippen LogP contribution < -0.4 is 0 Å². The highest BCUT2D eigenvalue weighted by Gasteiger charge is 2.33. The zero-order valence-electron chi connectivity index (χ0n) is 21.9. The predicted molar refractivity (Wildman–Crippen MR) is 128 cm³/mol. The average molecular weight is 458 g/mol. The summed E-state index contributed by atoms with van der Waals surface area (Å²) >= 11 is 0. The summed E-state index contributed by atoms with van der Waals surface area (Å²) in [5.41, 5.74) is -0.471. The van der Waals surface area contributed by atoms with E-state index in [1.54, 1.807) is 7.11 Å². The first kappa shape index (κ1) is 32.7. The van der Waals surface area contributed by atoms with Gasteiger partial charge in [0.25, 0.3) is 0 Å². The van der Waals surface area contributed by atoms with E-state index in [0.29, 0.717) is 13.0 Å². The van der Waals surface area contributed by atoms with Crippen molar-refractivity contribution in [2.75, 3.05) is 27.3 Å². The third kappa shape index (κ3) is 12.0. The summed E-state index contributed by atoms with van der Waals surface area (Å²) in [6.07, 6.45) is -0.779. The molecule has 1 fully saturated rings. The quantitative estimate of drug-likeness (QED) is 0.355. The number of ketones is 1. The highest BCUT2D eigenvalue weighted by atomic mass is 16.5. The highest BCUT2D eigenvalue weighted by molar-refractivity contribution is 5.98. The van der Waals surface area contributed by atoms with Crippen molar-refractivity contribution < 1.29 is 29.3 Å². The summed E-state index contributed by atoms with van der Waals surface area (Å²) in [5.74, 6) is 3.83. The molecular weight excluding hydrogens is 410 g/mol. The van der Waals surface area contributed by atoms with Crippen LogP contribution in [0.15, 0.2) is 0 Å². The number of aliphatic hydroxyl groups is 2. The summed E-state index contributed by atoms with van der Waals surface area (Å²) < 4.78 is 10.7. The van der Waals surface area contributed by atoms with E-state index in [-0.39, 0.29) is 30.8 Å². The summed E-state index contributed by atoms with van der Waals surface area (Å²) in [4.78, 5) is 26.4. The molecule has 4 unspecified atom stereocenters. The van der Waals surface area contributed by atoms with Crippen LogP contribution in [0, 0.1) is 23.7 Å². The minimum atomic E-state index is -1.21. The van der Waals surface area contributed by atoms with Crippen LogP contribution in [0.25, 0.3) is 0 Å². The van der Waals surface area contributed by atoms with E-state index in [9.17, 15) is 19.8 Å². The number of carbonyl (C=O) groups is 2. The van der Waals surface area contributed by atoms with Gasteiger partial charge in [0.2, 0.25) is 0 Å². The van der Waals surface area contributed by atoms with Gasteiger partial charge in [-0.3, -0.25) is 9.59 Å². The van der Waals surface area contributed by atoms with E-state index in [0.717, 1.165) is 6.42 Å². The molecule has 0 amide bonds. The van der Waals surface area contributed by atoms with Gasteiger partial charge in [-0.15, -0.1) is 11.8 Å². The number of Topliss-reactive ketones (excluding diaryl/α,β-unsaturated/α-hetero) is 1. The lowest BCUT2D eigenvalue weighted by atomic mass is 9.86. The van der Waals surface area contributed by atoms with Crippen LogP contribution in [0.4, 0.5) is 0 Å². The Balaban J connectivity index is 0. The van der Waals surface area contributed by atoms with E-state index >= 15 is 0 Å². The van der Waals surface area contributed by atoms with Crippen molar-refractivity contribution >= 4 is 11.8 Å². The topological polar surface area (TPSA) is 96.3 Å². The van der Waals surface area contributed by atoms with Gasteiger partial charge in [-0.25, -0.2) is 0 Å². The number of hydrogen-bond acceptors (Lipinski definition) is 7. The van der Waals surface area contributed by atoms with Gasteiger partial charge in [0.15, 0.2) is 0 Å². The zero-order chi connectivity index (χ0) is 25.5. The van der Waals surface area contributed by atoms with Gasteiger partial charge < -0.3 is 24.6 Å². The van der Waals surface area contributed by atoms with Crippen molar-refractivity contribution in [1.82, 2.24) is 4.90 Å². The van der Waals surface area contributed by atoms with E-state index in [1.165, 1.54) is 6.92 Å². The molecule has 7 nitrogen and oxygen atoms in total. The van der Waals surface area contributed by atoms with Crippen molar-refractivity contribution in [1.29, 1.82) is 0 Å². The standard InChI is InChI=1S/C19H35NO6.C4H6.C2H6/c1-12-9-19(4,25-6)8-7-15(21)13(2)18(24)26-11-16(22)17(23)14(3)20(5)10-12;1-3-4-2;1-2/h12-14,16-17,22-23H,7-11H2,1-6H3;1-2H3;1-2H3/t12-,13?,14?,16?,17?,19+;;/m1../s1. The zero-order valence-corrected chi connectivity index (χ0v) is 21.9. The van der Waals surface area contributed by atoms with Gasteiger partial charge in [-0.2, -0.15) is 0 Å². The Kier molecular flexibility index (Phi) is 17.5. The van der Waals surface area contributed by atoms with Crippen LogP contribution in [0.1, 0.15) is 74.7 Å². The molecule has 1 rings (SSSR count). The Morgan fingerprint density at radius 3 is 2.12 bits per heavy atom. The number of likely N-dealkylation sites (N-methyl/N-ethyl adjacent to an activating group) is 1. The molecule has 1 saturated heterocycles. The third-order valence-corrected chi connectivity index (χ3v) is 5.84. The molecule has 0 saturated carbocycles. The molecule has 0 radical (unpaired) electrons. The first-order valence-corrected chi connectivity index (χ1v) is 11.6. The summed E-state index contributed by atoms with van der Waals surface area (Å²) in [6.45, 7) is 15.4. The highest BCUT2D eigenvalue weighted by Crippen LogP contribution is 2.27. The monoisotopic (exact) mass is 457 g/mol. The predicted octanol–water partition coefficient (Wildman–Crippen LogP) is 3.06. The molecule has 6 atom stereocenters. The van der Waals surface area contributed by atoms with Crippen LogP contribution >= 0.6 is 0 Å². The number of methoxy groups -OCH3 is 1. The second kappa shape index (κ2) is 17.1. The lowest BCUT2D eigenvalue weighted by Gasteiger charge is -2.35. The maximum Gasteiger partial charge on any atom is 0.316 e. The number of nitrogens with zero attached hydrogens (tertiary/aromatic N) is 1. The molecular formula is C25H47NO6. The molecule has 2 N–H and O–H groups in total. The Morgan fingerprint density at radius 1 is 1.12 bits per heavy atom.